The van der Waals surface area contributed by atoms with Gasteiger partial charge in [-0.2, -0.15) is 9.61 Å². The maximum absolute atomic E-state index is 6.00. The second-order valence-electron chi connectivity index (χ2n) is 5.57. The van der Waals surface area contributed by atoms with Gasteiger partial charge in [0.15, 0.2) is 10.8 Å². The van der Waals surface area contributed by atoms with Crippen LogP contribution >= 0.6 is 11.3 Å². The first-order chi connectivity index (χ1) is 11.7. The molecule has 0 N–H and O–H groups in total. The van der Waals surface area contributed by atoms with E-state index in [-0.39, 0.29) is 0 Å². The van der Waals surface area contributed by atoms with E-state index in [9.17, 15) is 0 Å². The van der Waals surface area contributed by atoms with E-state index >= 15 is 0 Å². The Bertz CT molecular complexity index is 1190. The normalized spacial score (nSPS) is 11.8. The van der Waals surface area contributed by atoms with Crippen LogP contribution in [0.5, 0.6) is 0 Å². The van der Waals surface area contributed by atoms with Gasteiger partial charge in [0, 0.05) is 10.9 Å². The monoisotopic (exact) mass is 336 g/mol. The molecule has 4 heterocycles. The Balaban J connectivity index is 1.73. The third-order valence-corrected chi connectivity index (χ3v) is 5.06. The lowest BCUT2D eigenvalue weighted by Gasteiger charge is -1.94. The molecule has 0 aliphatic heterocycles. The first kappa shape index (κ1) is 13.5. The number of hydrogen-bond acceptors (Lipinski definition) is 6. The molecule has 0 saturated heterocycles. The van der Waals surface area contributed by atoms with E-state index in [0.717, 1.165) is 37.8 Å². The highest BCUT2D eigenvalue weighted by Gasteiger charge is 2.21. The van der Waals surface area contributed by atoms with Crippen LogP contribution in [0, 0.1) is 13.8 Å². The van der Waals surface area contributed by atoms with Gasteiger partial charge in [-0.3, -0.25) is 0 Å². The summed E-state index contributed by atoms with van der Waals surface area (Å²) in [6, 6.07) is 9.85. The highest BCUT2D eigenvalue weighted by Crippen LogP contribution is 2.34. The minimum absolute atomic E-state index is 0.613. The van der Waals surface area contributed by atoms with Crippen molar-refractivity contribution in [3.63, 3.8) is 0 Å². The Morgan fingerprint density at radius 2 is 1.96 bits per heavy atom. The van der Waals surface area contributed by atoms with Gasteiger partial charge < -0.3 is 8.83 Å². The summed E-state index contributed by atoms with van der Waals surface area (Å²) in [5.74, 6) is 2.15. The van der Waals surface area contributed by atoms with Crippen LogP contribution in [0.3, 0.4) is 0 Å². The highest BCUT2D eigenvalue weighted by atomic mass is 32.1. The molecule has 0 unspecified atom stereocenters. The molecule has 5 rings (SSSR count). The van der Waals surface area contributed by atoms with Crippen LogP contribution < -0.4 is 0 Å². The van der Waals surface area contributed by atoms with Gasteiger partial charge in [0.2, 0.25) is 10.8 Å². The topological polar surface area (TPSA) is 69.4 Å². The van der Waals surface area contributed by atoms with E-state index in [1.807, 2.05) is 44.2 Å². The van der Waals surface area contributed by atoms with Crippen molar-refractivity contribution in [2.24, 2.45) is 0 Å². The standard InChI is InChI=1S/C17H12N4O2S/c1-9-11-5-3-4-6-13(11)23-14(9)15-18-19-17-21(15)20-16(24-17)12-7-8-22-10(12)2/h3-8H,1-2H3. The van der Waals surface area contributed by atoms with Crippen molar-refractivity contribution < 1.29 is 8.83 Å². The Morgan fingerprint density at radius 3 is 2.75 bits per heavy atom. The lowest BCUT2D eigenvalue weighted by molar-refractivity contribution is 0.535. The van der Waals surface area contributed by atoms with E-state index in [1.54, 1.807) is 10.8 Å². The van der Waals surface area contributed by atoms with Crippen LogP contribution in [0.2, 0.25) is 0 Å². The van der Waals surface area contributed by atoms with E-state index in [2.05, 4.69) is 15.3 Å². The minimum Gasteiger partial charge on any atom is -0.469 e. The summed E-state index contributed by atoms with van der Waals surface area (Å²) in [5, 5.41) is 15.1. The summed E-state index contributed by atoms with van der Waals surface area (Å²) in [7, 11) is 0. The average Bonchev–Trinajstić information content (AvgIpc) is 3.31. The predicted octanol–water partition coefficient (Wildman–Crippen LogP) is 4.48. The van der Waals surface area contributed by atoms with E-state index in [4.69, 9.17) is 8.83 Å². The van der Waals surface area contributed by atoms with Crippen LogP contribution in [0.1, 0.15) is 11.3 Å². The highest BCUT2D eigenvalue weighted by molar-refractivity contribution is 7.19. The molecule has 7 heteroatoms. The number of aryl methyl sites for hydroxylation is 2. The van der Waals surface area contributed by atoms with Gasteiger partial charge in [-0.25, -0.2) is 0 Å². The summed E-state index contributed by atoms with van der Waals surface area (Å²) in [4.78, 5) is 0.723. The lowest BCUT2D eigenvalue weighted by Crippen LogP contribution is -1.91. The third kappa shape index (κ3) is 1.78. The molecule has 0 spiro atoms. The van der Waals surface area contributed by atoms with Gasteiger partial charge in [0.1, 0.15) is 11.3 Å². The number of aromatic nitrogens is 4. The molecule has 0 aliphatic carbocycles. The SMILES string of the molecule is Cc1occc1-c1nn2c(-c3oc4ccccc4c3C)nnc2s1. The fourth-order valence-corrected chi connectivity index (χ4v) is 3.77. The molecule has 4 aromatic heterocycles. The summed E-state index contributed by atoms with van der Waals surface area (Å²) in [6.07, 6.45) is 1.66. The van der Waals surface area contributed by atoms with Crippen molar-refractivity contribution in [1.82, 2.24) is 19.8 Å². The molecule has 0 fully saturated rings. The Morgan fingerprint density at radius 1 is 1.08 bits per heavy atom. The van der Waals surface area contributed by atoms with Crippen molar-refractivity contribution in [2.75, 3.05) is 0 Å². The fraction of sp³-hybridized carbons (Fsp3) is 0.118. The minimum atomic E-state index is 0.613. The number of benzene rings is 1. The molecule has 0 amide bonds. The molecule has 0 aliphatic rings. The molecule has 24 heavy (non-hydrogen) atoms. The second kappa shape index (κ2) is 4.78. The van der Waals surface area contributed by atoms with Crippen molar-refractivity contribution in [2.45, 2.75) is 13.8 Å². The van der Waals surface area contributed by atoms with Crippen LogP contribution in [0.25, 0.3) is 38.1 Å². The van der Waals surface area contributed by atoms with Crippen molar-refractivity contribution >= 4 is 27.3 Å². The van der Waals surface area contributed by atoms with Crippen LogP contribution in [0.15, 0.2) is 45.4 Å². The molecule has 0 atom stereocenters. The number of para-hydroxylation sites is 1. The van der Waals surface area contributed by atoms with Crippen molar-refractivity contribution in [3.8, 4) is 22.2 Å². The predicted molar refractivity (Wildman–Crippen MR) is 91.0 cm³/mol. The zero-order valence-corrected chi connectivity index (χ0v) is 13.8. The van der Waals surface area contributed by atoms with E-state index in [0.29, 0.717) is 11.6 Å². The van der Waals surface area contributed by atoms with E-state index < -0.39 is 0 Å². The van der Waals surface area contributed by atoms with Crippen LogP contribution in [-0.4, -0.2) is 19.8 Å². The molecule has 6 nitrogen and oxygen atoms in total. The molecule has 0 saturated carbocycles. The van der Waals surface area contributed by atoms with Gasteiger partial charge in [-0.1, -0.05) is 29.5 Å². The molecule has 0 bridgehead atoms. The van der Waals surface area contributed by atoms with Crippen molar-refractivity contribution in [3.05, 3.63) is 47.9 Å². The van der Waals surface area contributed by atoms with Gasteiger partial charge in [0.05, 0.1) is 11.8 Å². The van der Waals surface area contributed by atoms with Gasteiger partial charge in [-0.15, -0.1) is 10.2 Å². The summed E-state index contributed by atoms with van der Waals surface area (Å²) in [6.45, 7) is 3.94. The lowest BCUT2D eigenvalue weighted by atomic mass is 10.1. The molecular weight excluding hydrogens is 324 g/mol. The number of rotatable bonds is 2. The summed E-state index contributed by atoms with van der Waals surface area (Å²) >= 11 is 1.47. The molecule has 1 aromatic carbocycles. The van der Waals surface area contributed by atoms with Gasteiger partial charge >= 0.3 is 0 Å². The Hall–Kier alpha value is -2.93. The Labute approximate surface area is 140 Å². The molecule has 0 radical (unpaired) electrons. The fourth-order valence-electron chi connectivity index (χ4n) is 2.86. The Kier molecular flexibility index (Phi) is 2.69. The average molecular weight is 336 g/mol. The molecule has 118 valence electrons. The number of furan rings is 2. The maximum atomic E-state index is 6.00. The number of nitrogens with zero attached hydrogens (tertiary/aromatic N) is 4. The van der Waals surface area contributed by atoms with Crippen LogP contribution in [-0.2, 0) is 0 Å². The zero-order chi connectivity index (χ0) is 16.3. The van der Waals surface area contributed by atoms with E-state index in [1.165, 1.54) is 11.3 Å². The molecular formula is C17H12N4O2S. The smallest absolute Gasteiger partial charge is 0.235 e. The van der Waals surface area contributed by atoms with Crippen molar-refractivity contribution in [1.29, 1.82) is 0 Å². The first-order valence-corrected chi connectivity index (χ1v) is 8.29. The quantitative estimate of drug-likeness (QED) is 0.475. The van der Waals surface area contributed by atoms with Gasteiger partial charge in [-0.05, 0) is 26.0 Å². The molecule has 5 aromatic rings. The largest absolute Gasteiger partial charge is 0.469 e. The summed E-state index contributed by atoms with van der Waals surface area (Å²) in [5.41, 5.74) is 2.84. The third-order valence-electron chi connectivity index (χ3n) is 4.13. The number of fused-ring (bicyclic) bond motifs is 2. The van der Waals surface area contributed by atoms with Crippen LogP contribution in [0.4, 0.5) is 0 Å². The summed E-state index contributed by atoms with van der Waals surface area (Å²) < 4.78 is 13.1. The number of hydrogen-bond donors (Lipinski definition) is 0. The second-order valence-corrected chi connectivity index (χ2v) is 6.52. The first-order valence-electron chi connectivity index (χ1n) is 7.47. The van der Waals surface area contributed by atoms with Gasteiger partial charge in [0.25, 0.3) is 0 Å². The maximum Gasteiger partial charge on any atom is 0.235 e. The zero-order valence-electron chi connectivity index (χ0n) is 13.0.